The maximum atomic E-state index is 11.7. The van der Waals surface area contributed by atoms with Gasteiger partial charge in [-0.15, -0.1) is 0 Å². The Kier molecular flexibility index (Phi) is 3.42. The van der Waals surface area contributed by atoms with E-state index in [1.165, 1.54) is 0 Å². The Balaban J connectivity index is 2.21. The number of nitrogens with one attached hydrogen (secondary N) is 2. The van der Waals surface area contributed by atoms with Crippen molar-refractivity contribution in [3.05, 3.63) is 35.9 Å². The normalized spacial score (nSPS) is 19.9. The van der Waals surface area contributed by atoms with E-state index in [-0.39, 0.29) is 11.9 Å². The van der Waals surface area contributed by atoms with Crippen LogP contribution in [0, 0.1) is 5.41 Å². The average molecular weight is 231 g/mol. The van der Waals surface area contributed by atoms with Gasteiger partial charge >= 0.3 is 0 Å². The van der Waals surface area contributed by atoms with Crippen LogP contribution in [-0.4, -0.2) is 35.8 Å². The van der Waals surface area contributed by atoms with Crippen LogP contribution in [0.25, 0.3) is 0 Å². The third kappa shape index (κ3) is 2.30. The minimum atomic E-state index is -0.212. The van der Waals surface area contributed by atoms with Gasteiger partial charge in [-0.25, -0.2) is 0 Å². The number of benzene rings is 1. The van der Waals surface area contributed by atoms with E-state index in [9.17, 15) is 4.79 Å². The summed E-state index contributed by atoms with van der Waals surface area (Å²) < 4.78 is 0. The highest BCUT2D eigenvalue weighted by molar-refractivity contribution is 5.99. The van der Waals surface area contributed by atoms with Crippen LogP contribution < -0.4 is 5.32 Å². The highest BCUT2D eigenvalue weighted by atomic mass is 16.2. The van der Waals surface area contributed by atoms with Crippen molar-refractivity contribution in [2.24, 2.45) is 0 Å². The number of carbonyl (C=O) groups is 1. The smallest absolute Gasteiger partial charge is 0.242 e. The lowest BCUT2D eigenvalue weighted by Gasteiger charge is -2.36. The first-order chi connectivity index (χ1) is 8.24. The molecule has 0 spiro atoms. The van der Waals surface area contributed by atoms with Gasteiger partial charge in [-0.05, 0) is 6.42 Å². The molecule has 0 aliphatic carbocycles. The summed E-state index contributed by atoms with van der Waals surface area (Å²) in [7, 11) is 0. The fraction of sp³-hybridized carbons (Fsp3) is 0.385. The number of hydrogen-bond donors (Lipinski definition) is 2. The Morgan fingerprint density at radius 3 is 2.82 bits per heavy atom. The molecule has 90 valence electrons. The van der Waals surface area contributed by atoms with E-state index < -0.39 is 0 Å². The van der Waals surface area contributed by atoms with E-state index >= 15 is 0 Å². The summed E-state index contributed by atoms with van der Waals surface area (Å²) in [4.78, 5) is 13.6. The number of hydrogen-bond acceptors (Lipinski definition) is 2. The summed E-state index contributed by atoms with van der Waals surface area (Å²) in [6.45, 7) is 3.30. The number of piperazine rings is 1. The molecule has 0 radical (unpaired) electrons. The number of amides is 1. The van der Waals surface area contributed by atoms with Crippen LogP contribution in [0.1, 0.15) is 18.9 Å². The summed E-state index contributed by atoms with van der Waals surface area (Å²) in [6.07, 6.45) is 0.723. The van der Waals surface area contributed by atoms with Crippen LogP contribution in [0.4, 0.5) is 0 Å². The van der Waals surface area contributed by atoms with Gasteiger partial charge in [0.2, 0.25) is 5.91 Å². The zero-order valence-electron chi connectivity index (χ0n) is 9.94. The van der Waals surface area contributed by atoms with E-state index in [0.29, 0.717) is 18.9 Å². The van der Waals surface area contributed by atoms with Crippen LogP contribution in [-0.2, 0) is 4.79 Å². The van der Waals surface area contributed by atoms with Gasteiger partial charge in [0.1, 0.15) is 11.9 Å². The number of amidine groups is 1. The lowest BCUT2D eigenvalue weighted by molar-refractivity contribution is -0.127. The largest absolute Gasteiger partial charge is 0.353 e. The quantitative estimate of drug-likeness (QED) is 0.594. The molecule has 1 fully saturated rings. The van der Waals surface area contributed by atoms with Gasteiger partial charge in [0, 0.05) is 18.7 Å². The van der Waals surface area contributed by atoms with Crippen molar-refractivity contribution in [3.63, 3.8) is 0 Å². The zero-order valence-corrected chi connectivity index (χ0v) is 9.94. The molecule has 2 N–H and O–H groups in total. The van der Waals surface area contributed by atoms with Crippen molar-refractivity contribution in [3.8, 4) is 0 Å². The monoisotopic (exact) mass is 231 g/mol. The van der Waals surface area contributed by atoms with Crippen LogP contribution in [0.5, 0.6) is 0 Å². The lowest BCUT2D eigenvalue weighted by atomic mass is 10.1. The van der Waals surface area contributed by atoms with Crippen molar-refractivity contribution >= 4 is 11.7 Å². The number of nitrogens with zero attached hydrogens (tertiary/aromatic N) is 1. The highest BCUT2D eigenvalue weighted by Gasteiger charge is 2.29. The number of carbonyl (C=O) groups excluding carboxylic acids is 1. The second-order valence-electron chi connectivity index (χ2n) is 4.12. The van der Waals surface area contributed by atoms with E-state index in [1.807, 2.05) is 42.2 Å². The Hall–Kier alpha value is -1.84. The second-order valence-corrected chi connectivity index (χ2v) is 4.12. The van der Waals surface area contributed by atoms with Gasteiger partial charge in [0.25, 0.3) is 0 Å². The van der Waals surface area contributed by atoms with Crippen LogP contribution >= 0.6 is 0 Å². The maximum absolute atomic E-state index is 11.7. The first-order valence-electron chi connectivity index (χ1n) is 5.92. The maximum Gasteiger partial charge on any atom is 0.242 e. The van der Waals surface area contributed by atoms with E-state index in [1.54, 1.807) is 0 Å². The molecule has 0 saturated carbocycles. The van der Waals surface area contributed by atoms with Crippen LogP contribution in [0.3, 0.4) is 0 Å². The van der Waals surface area contributed by atoms with Gasteiger partial charge in [-0.3, -0.25) is 10.2 Å². The molecule has 4 heteroatoms. The third-order valence-corrected chi connectivity index (χ3v) is 3.05. The first-order valence-corrected chi connectivity index (χ1v) is 5.92. The molecule has 1 aliphatic rings. The lowest BCUT2D eigenvalue weighted by Crippen LogP contribution is -2.56. The standard InChI is InChI=1S/C13H17N3O/c1-2-11-13(17)15-8-9-16(11)12(14)10-6-4-3-5-7-10/h3-7,11,14H,2,8-9H2,1H3,(H,15,17). The molecule has 2 rings (SSSR count). The van der Waals surface area contributed by atoms with Crippen molar-refractivity contribution in [1.29, 1.82) is 5.41 Å². The predicted molar refractivity (Wildman–Crippen MR) is 67.1 cm³/mol. The molecular weight excluding hydrogens is 214 g/mol. The van der Waals surface area contributed by atoms with Gasteiger partial charge in [-0.2, -0.15) is 0 Å². The van der Waals surface area contributed by atoms with Crippen molar-refractivity contribution in [2.75, 3.05) is 13.1 Å². The van der Waals surface area contributed by atoms with E-state index in [2.05, 4.69) is 5.32 Å². The van der Waals surface area contributed by atoms with Gasteiger partial charge < -0.3 is 10.2 Å². The SMILES string of the molecule is CCC1C(=O)NCCN1C(=N)c1ccccc1. The van der Waals surface area contributed by atoms with Crippen molar-refractivity contribution < 1.29 is 4.79 Å². The van der Waals surface area contributed by atoms with Crippen LogP contribution in [0.15, 0.2) is 30.3 Å². The number of rotatable bonds is 2. The molecule has 1 atom stereocenters. The van der Waals surface area contributed by atoms with Crippen molar-refractivity contribution in [2.45, 2.75) is 19.4 Å². The Morgan fingerprint density at radius 1 is 1.47 bits per heavy atom. The minimum Gasteiger partial charge on any atom is -0.353 e. The highest BCUT2D eigenvalue weighted by Crippen LogP contribution is 2.13. The second kappa shape index (κ2) is 4.99. The summed E-state index contributed by atoms with van der Waals surface area (Å²) in [5, 5.41) is 11.0. The molecule has 1 aromatic rings. The predicted octanol–water partition coefficient (Wildman–Crippen LogP) is 1.22. The Bertz CT molecular complexity index is 416. The van der Waals surface area contributed by atoms with Crippen molar-refractivity contribution in [1.82, 2.24) is 10.2 Å². The average Bonchev–Trinajstić information content (AvgIpc) is 2.38. The molecule has 1 heterocycles. The Morgan fingerprint density at radius 2 is 2.18 bits per heavy atom. The molecule has 1 aliphatic heterocycles. The van der Waals surface area contributed by atoms with E-state index in [4.69, 9.17) is 5.41 Å². The molecule has 1 saturated heterocycles. The zero-order chi connectivity index (χ0) is 12.3. The minimum absolute atomic E-state index is 0.0273. The van der Waals surface area contributed by atoms with Gasteiger partial charge in [-0.1, -0.05) is 37.3 Å². The summed E-state index contributed by atoms with van der Waals surface area (Å²) in [6, 6.07) is 9.35. The summed E-state index contributed by atoms with van der Waals surface area (Å²) in [5.41, 5.74) is 0.862. The first kappa shape index (κ1) is 11.6. The molecule has 0 bridgehead atoms. The molecule has 1 amide bonds. The molecule has 1 aromatic carbocycles. The van der Waals surface area contributed by atoms with Crippen LogP contribution in [0.2, 0.25) is 0 Å². The molecule has 1 unspecified atom stereocenters. The van der Waals surface area contributed by atoms with Gasteiger partial charge in [0.05, 0.1) is 0 Å². The summed E-state index contributed by atoms with van der Waals surface area (Å²) in [5.74, 6) is 0.465. The topological polar surface area (TPSA) is 56.2 Å². The molecule has 4 nitrogen and oxygen atoms in total. The fourth-order valence-electron chi connectivity index (χ4n) is 2.15. The van der Waals surface area contributed by atoms with E-state index in [0.717, 1.165) is 12.0 Å². The molecule has 0 aromatic heterocycles. The fourth-order valence-corrected chi connectivity index (χ4v) is 2.15. The molecule has 17 heavy (non-hydrogen) atoms. The third-order valence-electron chi connectivity index (χ3n) is 3.05. The molecular formula is C13H17N3O. The van der Waals surface area contributed by atoms with Gasteiger partial charge in [0.15, 0.2) is 0 Å². The Labute approximate surface area is 101 Å². The summed E-state index contributed by atoms with van der Waals surface area (Å²) >= 11 is 0.